The van der Waals surface area contributed by atoms with Crippen LogP contribution in [0.15, 0.2) is 24.3 Å². The predicted octanol–water partition coefficient (Wildman–Crippen LogP) is 3.48. The lowest BCUT2D eigenvalue weighted by atomic mass is 9.99. The molecule has 0 saturated carbocycles. The number of piperidine rings is 1. The standard InChI is InChI=1S/C17H25NO3/c1-2-12-21-15-8-6-14(7-9-15)16(13-17(19)20)18-10-4-3-5-11-18/h6-9,16H,2-5,10-13H2,1H3,(H,19,20). The summed E-state index contributed by atoms with van der Waals surface area (Å²) in [6.07, 6.45) is 4.72. The Morgan fingerprint density at radius 1 is 1.24 bits per heavy atom. The first kappa shape index (κ1) is 15.8. The zero-order valence-electron chi connectivity index (χ0n) is 12.8. The van der Waals surface area contributed by atoms with Crippen LogP contribution >= 0.6 is 0 Å². The molecule has 1 aliphatic heterocycles. The van der Waals surface area contributed by atoms with Gasteiger partial charge in [0.15, 0.2) is 0 Å². The van der Waals surface area contributed by atoms with Crippen LogP contribution in [0.1, 0.15) is 50.6 Å². The summed E-state index contributed by atoms with van der Waals surface area (Å²) in [5.74, 6) is 0.116. The maximum absolute atomic E-state index is 11.2. The number of hydrogen-bond acceptors (Lipinski definition) is 3. The van der Waals surface area contributed by atoms with E-state index < -0.39 is 5.97 Å². The second kappa shape index (κ2) is 8.03. The highest BCUT2D eigenvalue weighted by Crippen LogP contribution is 2.29. The summed E-state index contributed by atoms with van der Waals surface area (Å²) in [4.78, 5) is 13.5. The second-order valence-corrected chi connectivity index (χ2v) is 5.63. The van der Waals surface area contributed by atoms with Gasteiger partial charge in [0.1, 0.15) is 5.75 Å². The molecule has 1 unspecified atom stereocenters. The average Bonchev–Trinajstić information content (AvgIpc) is 2.52. The van der Waals surface area contributed by atoms with Gasteiger partial charge in [-0.1, -0.05) is 25.5 Å². The van der Waals surface area contributed by atoms with Crippen LogP contribution in [0.25, 0.3) is 0 Å². The summed E-state index contributed by atoms with van der Waals surface area (Å²) in [7, 11) is 0. The Morgan fingerprint density at radius 3 is 2.48 bits per heavy atom. The molecule has 0 bridgehead atoms. The summed E-state index contributed by atoms with van der Waals surface area (Å²) >= 11 is 0. The third kappa shape index (κ3) is 4.74. The van der Waals surface area contributed by atoms with Gasteiger partial charge in [-0.05, 0) is 50.0 Å². The van der Waals surface area contributed by atoms with E-state index in [9.17, 15) is 9.90 Å². The van der Waals surface area contributed by atoms with Crippen LogP contribution in [0.3, 0.4) is 0 Å². The van der Waals surface area contributed by atoms with Crippen LogP contribution in [0.4, 0.5) is 0 Å². The molecule has 4 heteroatoms. The van der Waals surface area contributed by atoms with Crippen molar-refractivity contribution in [1.29, 1.82) is 0 Å². The van der Waals surface area contributed by atoms with Crippen molar-refractivity contribution in [3.8, 4) is 5.75 Å². The highest BCUT2D eigenvalue weighted by Gasteiger charge is 2.24. The highest BCUT2D eigenvalue weighted by atomic mass is 16.5. The molecule has 0 aliphatic carbocycles. The zero-order chi connectivity index (χ0) is 15.1. The fourth-order valence-corrected chi connectivity index (χ4v) is 2.86. The highest BCUT2D eigenvalue weighted by molar-refractivity contribution is 5.68. The Morgan fingerprint density at radius 2 is 1.90 bits per heavy atom. The minimum absolute atomic E-state index is 0.0250. The topological polar surface area (TPSA) is 49.8 Å². The number of ether oxygens (including phenoxy) is 1. The number of hydrogen-bond donors (Lipinski definition) is 1. The SMILES string of the molecule is CCCOc1ccc(C(CC(=O)O)N2CCCCC2)cc1. The number of benzene rings is 1. The first-order valence-corrected chi connectivity index (χ1v) is 7.89. The fourth-order valence-electron chi connectivity index (χ4n) is 2.86. The largest absolute Gasteiger partial charge is 0.494 e. The van der Waals surface area contributed by atoms with E-state index in [-0.39, 0.29) is 12.5 Å². The van der Waals surface area contributed by atoms with E-state index in [1.807, 2.05) is 24.3 Å². The molecule has 1 aliphatic rings. The lowest BCUT2D eigenvalue weighted by Crippen LogP contribution is -2.34. The number of rotatable bonds is 7. The van der Waals surface area contributed by atoms with Gasteiger partial charge in [-0.2, -0.15) is 0 Å². The number of carbonyl (C=O) groups is 1. The number of aliphatic carboxylic acids is 1. The van der Waals surface area contributed by atoms with E-state index in [4.69, 9.17) is 4.74 Å². The van der Waals surface area contributed by atoms with Gasteiger partial charge in [0.25, 0.3) is 0 Å². The summed E-state index contributed by atoms with van der Waals surface area (Å²) in [5, 5.41) is 9.20. The Balaban J connectivity index is 2.09. The van der Waals surface area contributed by atoms with Crippen molar-refractivity contribution in [2.24, 2.45) is 0 Å². The maximum Gasteiger partial charge on any atom is 0.305 e. The van der Waals surface area contributed by atoms with Gasteiger partial charge in [-0.15, -0.1) is 0 Å². The molecule has 1 aromatic rings. The smallest absolute Gasteiger partial charge is 0.305 e. The first-order chi connectivity index (χ1) is 10.2. The van der Waals surface area contributed by atoms with Crippen LogP contribution in [0.5, 0.6) is 5.75 Å². The number of carboxylic acid groups (broad SMARTS) is 1. The molecule has 2 rings (SSSR count). The maximum atomic E-state index is 11.2. The molecule has 0 aromatic heterocycles. The monoisotopic (exact) mass is 291 g/mol. The fraction of sp³-hybridized carbons (Fsp3) is 0.588. The van der Waals surface area contributed by atoms with Crippen LogP contribution < -0.4 is 4.74 Å². The van der Waals surface area contributed by atoms with Crippen LogP contribution in [0.2, 0.25) is 0 Å². The van der Waals surface area contributed by atoms with Gasteiger partial charge < -0.3 is 9.84 Å². The zero-order valence-corrected chi connectivity index (χ0v) is 12.8. The van der Waals surface area contributed by atoms with Crippen LogP contribution in [-0.4, -0.2) is 35.7 Å². The van der Waals surface area contributed by atoms with Crippen molar-refractivity contribution < 1.29 is 14.6 Å². The first-order valence-electron chi connectivity index (χ1n) is 7.89. The number of carboxylic acids is 1. The van der Waals surface area contributed by atoms with E-state index in [0.29, 0.717) is 6.61 Å². The minimum atomic E-state index is -0.739. The van der Waals surface area contributed by atoms with Crippen molar-refractivity contribution in [3.63, 3.8) is 0 Å². The molecular weight excluding hydrogens is 266 g/mol. The Bertz CT molecular complexity index is 438. The van der Waals surface area contributed by atoms with Crippen molar-refractivity contribution in [2.45, 2.75) is 45.1 Å². The molecule has 1 aromatic carbocycles. The lowest BCUT2D eigenvalue weighted by Gasteiger charge is -2.34. The van der Waals surface area contributed by atoms with Crippen molar-refractivity contribution in [1.82, 2.24) is 4.90 Å². The van der Waals surface area contributed by atoms with Gasteiger partial charge in [-0.3, -0.25) is 9.69 Å². The molecule has 4 nitrogen and oxygen atoms in total. The van der Waals surface area contributed by atoms with E-state index in [2.05, 4.69) is 11.8 Å². The minimum Gasteiger partial charge on any atom is -0.494 e. The van der Waals surface area contributed by atoms with E-state index in [0.717, 1.165) is 43.7 Å². The second-order valence-electron chi connectivity index (χ2n) is 5.63. The summed E-state index contributed by atoms with van der Waals surface area (Å²) < 4.78 is 5.59. The molecule has 1 fully saturated rings. The Hall–Kier alpha value is -1.55. The van der Waals surface area contributed by atoms with E-state index in [1.165, 1.54) is 6.42 Å². The molecule has 1 saturated heterocycles. The summed E-state index contributed by atoms with van der Waals surface area (Å²) in [6.45, 7) is 4.77. The molecule has 1 N–H and O–H groups in total. The molecule has 0 amide bonds. The van der Waals surface area contributed by atoms with Crippen LogP contribution in [-0.2, 0) is 4.79 Å². The predicted molar refractivity (Wildman–Crippen MR) is 82.6 cm³/mol. The number of nitrogens with zero attached hydrogens (tertiary/aromatic N) is 1. The van der Waals surface area contributed by atoms with Crippen molar-refractivity contribution in [3.05, 3.63) is 29.8 Å². The number of likely N-dealkylation sites (tertiary alicyclic amines) is 1. The third-order valence-corrected chi connectivity index (χ3v) is 3.94. The van der Waals surface area contributed by atoms with Gasteiger partial charge in [0.2, 0.25) is 0 Å². The Kier molecular flexibility index (Phi) is 6.05. The normalized spacial score (nSPS) is 17.4. The third-order valence-electron chi connectivity index (χ3n) is 3.94. The summed E-state index contributed by atoms with van der Waals surface area (Å²) in [6, 6.07) is 7.89. The van der Waals surface area contributed by atoms with Crippen molar-refractivity contribution >= 4 is 5.97 Å². The van der Waals surface area contributed by atoms with Gasteiger partial charge in [0.05, 0.1) is 13.0 Å². The molecule has 1 atom stereocenters. The molecule has 0 spiro atoms. The lowest BCUT2D eigenvalue weighted by molar-refractivity contribution is -0.138. The average molecular weight is 291 g/mol. The molecule has 116 valence electrons. The Labute approximate surface area is 126 Å². The molecule has 1 heterocycles. The quantitative estimate of drug-likeness (QED) is 0.835. The molecular formula is C17H25NO3. The molecule has 21 heavy (non-hydrogen) atoms. The summed E-state index contributed by atoms with van der Waals surface area (Å²) in [5.41, 5.74) is 1.07. The van der Waals surface area contributed by atoms with Gasteiger partial charge >= 0.3 is 5.97 Å². The van der Waals surface area contributed by atoms with Gasteiger partial charge in [0, 0.05) is 6.04 Å². The van der Waals surface area contributed by atoms with Crippen molar-refractivity contribution in [2.75, 3.05) is 19.7 Å². The van der Waals surface area contributed by atoms with E-state index in [1.54, 1.807) is 0 Å². The van der Waals surface area contributed by atoms with Crippen LogP contribution in [0, 0.1) is 0 Å². The van der Waals surface area contributed by atoms with Gasteiger partial charge in [-0.25, -0.2) is 0 Å². The molecule has 0 radical (unpaired) electrons. The van der Waals surface area contributed by atoms with E-state index >= 15 is 0 Å².